The van der Waals surface area contributed by atoms with E-state index in [0.717, 1.165) is 43.2 Å². The lowest BCUT2D eigenvalue weighted by molar-refractivity contribution is 0.314. The number of methoxy groups -OCH3 is 1. The zero-order chi connectivity index (χ0) is 17.8. The third-order valence-corrected chi connectivity index (χ3v) is 4.66. The van der Waals surface area contributed by atoms with Gasteiger partial charge in [-0.05, 0) is 48.7 Å². The molecule has 6 heteroatoms. The predicted octanol–water partition coefficient (Wildman–Crippen LogP) is 3.28. The van der Waals surface area contributed by atoms with E-state index in [-0.39, 0.29) is 6.04 Å². The molecule has 1 atom stereocenters. The number of hydrogen-bond acceptors (Lipinski definition) is 5. The van der Waals surface area contributed by atoms with E-state index < -0.39 is 0 Å². The molecule has 0 spiro atoms. The van der Waals surface area contributed by atoms with Crippen LogP contribution in [0.4, 0.5) is 0 Å². The molecule has 0 bridgehead atoms. The molecule has 1 N–H and O–H groups in total. The highest BCUT2D eigenvalue weighted by molar-refractivity contribution is 5.43. The van der Waals surface area contributed by atoms with Gasteiger partial charge in [0.15, 0.2) is 0 Å². The van der Waals surface area contributed by atoms with Crippen LogP contribution in [0.3, 0.4) is 0 Å². The smallest absolute Gasteiger partial charge is 0.138 e. The van der Waals surface area contributed by atoms with Gasteiger partial charge in [0, 0.05) is 18.2 Å². The number of nitrogens with one attached hydrogen (secondary N) is 1. The first-order chi connectivity index (χ1) is 12.8. The van der Waals surface area contributed by atoms with Gasteiger partial charge in [0.2, 0.25) is 0 Å². The van der Waals surface area contributed by atoms with E-state index >= 15 is 0 Å². The van der Waals surface area contributed by atoms with Crippen LogP contribution in [-0.4, -0.2) is 28.5 Å². The molecule has 4 rings (SSSR count). The van der Waals surface area contributed by atoms with Gasteiger partial charge in [0.25, 0.3) is 0 Å². The predicted molar refractivity (Wildman–Crippen MR) is 98.7 cm³/mol. The second-order valence-corrected chi connectivity index (χ2v) is 6.33. The van der Waals surface area contributed by atoms with Crippen LogP contribution in [0.25, 0.3) is 5.69 Å². The fourth-order valence-electron chi connectivity index (χ4n) is 3.24. The summed E-state index contributed by atoms with van der Waals surface area (Å²) >= 11 is 0. The molecule has 1 unspecified atom stereocenters. The van der Waals surface area contributed by atoms with Crippen LogP contribution in [0.2, 0.25) is 0 Å². The van der Waals surface area contributed by atoms with E-state index in [4.69, 9.17) is 9.47 Å². The zero-order valence-corrected chi connectivity index (χ0v) is 14.8. The van der Waals surface area contributed by atoms with Crippen LogP contribution in [0.1, 0.15) is 30.0 Å². The lowest BCUT2D eigenvalue weighted by Crippen LogP contribution is -2.20. The molecule has 0 fully saturated rings. The largest absolute Gasteiger partial charge is 0.497 e. The topological polar surface area (TPSA) is 61.2 Å². The zero-order valence-electron chi connectivity index (χ0n) is 14.8. The van der Waals surface area contributed by atoms with Crippen molar-refractivity contribution in [3.05, 3.63) is 66.2 Å². The molecule has 0 saturated carbocycles. The van der Waals surface area contributed by atoms with Crippen LogP contribution >= 0.6 is 0 Å². The maximum Gasteiger partial charge on any atom is 0.138 e. The minimum absolute atomic E-state index is 0.248. The molecular weight excluding hydrogens is 328 g/mol. The van der Waals surface area contributed by atoms with E-state index in [1.54, 1.807) is 18.1 Å². The number of ether oxygens (including phenoxy) is 2. The number of rotatable bonds is 5. The highest BCUT2D eigenvalue weighted by Crippen LogP contribution is 2.34. The first-order valence-corrected chi connectivity index (χ1v) is 8.81. The van der Waals surface area contributed by atoms with E-state index in [0.29, 0.717) is 0 Å². The number of hydrogen-bond donors (Lipinski definition) is 1. The first-order valence-electron chi connectivity index (χ1n) is 8.81. The third kappa shape index (κ3) is 3.55. The second-order valence-electron chi connectivity index (χ2n) is 6.33. The van der Waals surface area contributed by atoms with Crippen molar-refractivity contribution in [2.75, 3.05) is 13.7 Å². The SMILES string of the molecule is COc1ccc2c(c1)C(NCc1ccc(-n3cncn3)cc1)CCCO2. The Balaban J connectivity index is 1.47. The van der Waals surface area contributed by atoms with Crippen molar-refractivity contribution >= 4 is 0 Å². The average molecular weight is 350 g/mol. The molecule has 0 saturated heterocycles. The lowest BCUT2D eigenvalue weighted by atomic mass is 10.0. The van der Waals surface area contributed by atoms with Gasteiger partial charge in [-0.3, -0.25) is 0 Å². The normalized spacial score (nSPS) is 16.4. The highest BCUT2D eigenvalue weighted by atomic mass is 16.5. The van der Waals surface area contributed by atoms with Crippen molar-refractivity contribution in [3.63, 3.8) is 0 Å². The van der Waals surface area contributed by atoms with Crippen LogP contribution in [0.5, 0.6) is 11.5 Å². The van der Waals surface area contributed by atoms with Crippen molar-refractivity contribution in [1.29, 1.82) is 0 Å². The molecule has 3 aromatic rings. The molecule has 0 radical (unpaired) electrons. The van der Waals surface area contributed by atoms with Crippen molar-refractivity contribution in [1.82, 2.24) is 20.1 Å². The van der Waals surface area contributed by atoms with Crippen LogP contribution in [0, 0.1) is 0 Å². The van der Waals surface area contributed by atoms with E-state index in [9.17, 15) is 0 Å². The maximum absolute atomic E-state index is 5.88. The Morgan fingerprint density at radius 1 is 1.23 bits per heavy atom. The molecule has 0 aliphatic carbocycles. The van der Waals surface area contributed by atoms with E-state index in [2.05, 4.69) is 45.7 Å². The van der Waals surface area contributed by atoms with Crippen molar-refractivity contribution in [2.24, 2.45) is 0 Å². The highest BCUT2D eigenvalue weighted by Gasteiger charge is 2.20. The summed E-state index contributed by atoms with van der Waals surface area (Å²) in [7, 11) is 1.69. The Kier molecular flexibility index (Phi) is 4.84. The fourth-order valence-corrected chi connectivity index (χ4v) is 3.24. The van der Waals surface area contributed by atoms with Gasteiger partial charge >= 0.3 is 0 Å². The van der Waals surface area contributed by atoms with Gasteiger partial charge in [-0.15, -0.1) is 0 Å². The summed E-state index contributed by atoms with van der Waals surface area (Å²) < 4.78 is 13.0. The second kappa shape index (κ2) is 7.58. The van der Waals surface area contributed by atoms with E-state index in [1.807, 2.05) is 12.1 Å². The number of nitrogens with zero attached hydrogens (tertiary/aromatic N) is 3. The summed E-state index contributed by atoms with van der Waals surface area (Å²) in [5, 5.41) is 7.82. The molecule has 26 heavy (non-hydrogen) atoms. The van der Waals surface area contributed by atoms with E-state index in [1.165, 1.54) is 17.5 Å². The average Bonchev–Trinajstić information content (AvgIpc) is 3.15. The van der Waals surface area contributed by atoms with Gasteiger partial charge in [-0.1, -0.05) is 12.1 Å². The molecule has 2 heterocycles. The molecule has 1 aliphatic heterocycles. The van der Waals surface area contributed by atoms with Crippen molar-refractivity contribution in [3.8, 4) is 17.2 Å². The molecule has 2 aromatic carbocycles. The molecule has 1 aromatic heterocycles. The Morgan fingerprint density at radius 2 is 2.12 bits per heavy atom. The van der Waals surface area contributed by atoms with Crippen LogP contribution in [-0.2, 0) is 6.54 Å². The van der Waals surface area contributed by atoms with Crippen molar-refractivity contribution in [2.45, 2.75) is 25.4 Å². The van der Waals surface area contributed by atoms with Gasteiger partial charge in [0.1, 0.15) is 24.2 Å². The van der Waals surface area contributed by atoms with Gasteiger partial charge in [0.05, 0.1) is 19.4 Å². The number of benzene rings is 2. The standard InChI is InChI=1S/C20H22N4O2/c1-25-17-8-9-20-18(11-17)19(3-2-10-26-20)22-12-15-4-6-16(7-5-15)24-14-21-13-23-24/h4-9,11,13-14,19,22H,2-3,10,12H2,1H3. The molecule has 1 aliphatic rings. The Bertz CT molecular complexity index is 847. The quantitative estimate of drug-likeness (QED) is 0.765. The summed E-state index contributed by atoms with van der Waals surface area (Å²) in [6.45, 7) is 1.54. The number of fused-ring (bicyclic) bond motifs is 1. The minimum Gasteiger partial charge on any atom is -0.497 e. The lowest BCUT2D eigenvalue weighted by Gasteiger charge is -2.19. The Labute approximate surface area is 152 Å². The summed E-state index contributed by atoms with van der Waals surface area (Å²) in [6.07, 6.45) is 5.30. The fraction of sp³-hybridized carbons (Fsp3) is 0.300. The molecule has 0 amide bonds. The van der Waals surface area contributed by atoms with Gasteiger partial charge < -0.3 is 14.8 Å². The number of aromatic nitrogens is 3. The van der Waals surface area contributed by atoms with Gasteiger partial charge in [-0.25, -0.2) is 9.67 Å². The van der Waals surface area contributed by atoms with Crippen LogP contribution in [0.15, 0.2) is 55.1 Å². The summed E-state index contributed by atoms with van der Waals surface area (Å²) in [4.78, 5) is 3.98. The van der Waals surface area contributed by atoms with Crippen molar-refractivity contribution < 1.29 is 9.47 Å². The van der Waals surface area contributed by atoms with Crippen LogP contribution < -0.4 is 14.8 Å². The molecule has 134 valence electrons. The maximum atomic E-state index is 5.88. The monoisotopic (exact) mass is 350 g/mol. The molecule has 6 nitrogen and oxygen atoms in total. The molecular formula is C20H22N4O2. The first kappa shape index (κ1) is 16.6. The van der Waals surface area contributed by atoms with Gasteiger partial charge in [-0.2, -0.15) is 5.10 Å². The Hall–Kier alpha value is -2.86. The minimum atomic E-state index is 0.248. The summed E-state index contributed by atoms with van der Waals surface area (Å²) in [5.41, 5.74) is 3.40. The third-order valence-electron chi connectivity index (χ3n) is 4.66. The summed E-state index contributed by atoms with van der Waals surface area (Å²) in [6, 6.07) is 14.6. The summed E-state index contributed by atoms with van der Waals surface area (Å²) in [5.74, 6) is 1.81. The Morgan fingerprint density at radius 3 is 2.88 bits per heavy atom.